The summed E-state index contributed by atoms with van der Waals surface area (Å²) in [6.07, 6.45) is 10.5. The van der Waals surface area contributed by atoms with Crippen molar-refractivity contribution in [3.05, 3.63) is 12.7 Å². The molecule has 3 aliphatic carbocycles. The van der Waals surface area contributed by atoms with Gasteiger partial charge in [0.2, 0.25) is 35.3 Å². The lowest BCUT2D eigenvalue weighted by molar-refractivity contribution is -0.150. The molecule has 2 saturated heterocycles. The van der Waals surface area contributed by atoms with E-state index in [-0.39, 0.29) is 78.1 Å². The normalized spacial score (nSPS) is 26.4. The van der Waals surface area contributed by atoms with Crippen LogP contribution in [0.1, 0.15) is 118 Å². The second kappa shape index (κ2) is 16.2. The quantitative estimate of drug-likeness (QED) is 0.132. The van der Waals surface area contributed by atoms with Crippen LogP contribution in [0.3, 0.4) is 0 Å². The maximum Gasteiger partial charge on any atom is 0.289 e. The molecule has 2 aliphatic heterocycles. The van der Waals surface area contributed by atoms with Gasteiger partial charge < -0.3 is 20.9 Å². The van der Waals surface area contributed by atoms with Gasteiger partial charge >= 0.3 is 0 Å². The first kappa shape index (κ1) is 39.6. The molecule has 3 N–H and O–H groups in total. The molecule has 5 rings (SSSR count). The topological polar surface area (TPSA) is 162 Å². The lowest BCUT2D eigenvalue weighted by Crippen LogP contribution is -2.60. The molecule has 0 aromatic carbocycles. The molecular weight excluding hydrogens is 662 g/mol. The first-order chi connectivity index (χ1) is 24.5. The predicted molar refractivity (Wildman–Crippen MR) is 195 cm³/mol. The summed E-state index contributed by atoms with van der Waals surface area (Å²) in [6, 6.07) is -2.66. The van der Waals surface area contributed by atoms with Crippen LogP contribution in [0.25, 0.3) is 0 Å². The van der Waals surface area contributed by atoms with Crippen LogP contribution in [-0.4, -0.2) is 88.8 Å². The number of likely N-dealkylation sites (tertiary alicyclic amines) is 2. The van der Waals surface area contributed by atoms with E-state index in [2.05, 4.69) is 36.4 Å². The van der Waals surface area contributed by atoms with Crippen LogP contribution in [0.15, 0.2) is 12.7 Å². The highest BCUT2D eigenvalue weighted by Crippen LogP contribution is 2.65. The predicted octanol–water partition coefficient (Wildman–Crippen LogP) is 3.67. The van der Waals surface area contributed by atoms with E-state index >= 15 is 0 Å². The summed E-state index contributed by atoms with van der Waals surface area (Å²) < 4.78 is 0. The smallest absolute Gasteiger partial charge is 0.289 e. The summed E-state index contributed by atoms with van der Waals surface area (Å²) in [5.41, 5.74) is -0.582. The molecule has 0 spiro atoms. The standard InChI is InChI=1S/C40H61N5O7/c1-7-19-41-37(51)35(49)28(20-24-13-11-14-24)42-36(50)34-32-27(40(32,5)6)23-45(34)38(52)33(25-15-9-8-10-16-25)43-29(46)21-26(39(2,3)4)22-44-30(47)17-12-18-31(44)48/h7,24-28,32-34H,1,8-23H2,2-6H3,(H,41,51)(H,42,50)(H,43,46)/t26-,27+,28?,32+,33+,34+/m1/s1. The fourth-order valence-corrected chi connectivity index (χ4v) is 9.13. The lowest BCUT2D eigenvalue weighted by atomic mass is 9.77. The molecule has 6 amide bonds. The van der Waals surface area contributed by atoms with E-state index in [1.807, 2.05) is 20.8 Å². The molecule has 12 nitrogen and oxygen atoms in total. The van der Waals surface area contributed by atoms with Gasteiger partial charge in [-0.2, -0.15) is 0 Å². The van der Waals surface area contributed by atoms with E-state index in [4.69, 9.17) is 0 Å². The van der Waals surface area contributed by atoms with Crippen LogP contribution in [0.5, 0.6) is 0 Å². The van der Waals surface area contributed by atoms with Gasteiger partial charge in [0.25, 0.3) is 5.91 Å². The number of ketones is 1. The summed E-state index contributed by atoms with van der Waals surface area (Å²) in [6.45, 7) is 14.4. The molecule has 0 aromatic rings. The van der Waals surface area contributed by atoms with Crippen molar-refractivity contribution in [3.8, 4) is 0 Å². The lowest BCUT2D eigenvalue weighted by Gasteiger charge is -2.38. The van der Waals surface area contributed by atoms with Gasteiger partial charge in [0, 0.05) is 38.9 Å². The third-order valence-corrected chi connectivity index (χ3v) is 13.0. The SMILES string of the molecule is C=CCNC(=O)C(=O)C(CC1CCC1)NC(=O)[C@@H]1[C@@H]2[C@H](CN1C(=O)[C@@H](NC(=O)C[C@H](CN1C(=O)CCCC1=O)C(C)(C)C)C1CCCCC1)C2(C)C. The summed E-state index contributed by atoms with van der Waals surface area (Å²) in [7, 11) is 0. The Labute approximate surface area is 309 Å². The van der Waals surface area contributed by atoms with E-state index in [0.717, 1.165) is 51.4 Å². The van der Waals surface area contributed by atoms with Crippen molar-refractivity contribution in [2.45, 2.75) is 136 Å². The van der Waals surface area contributed by atoms with E-state index in [1.165, 1.54) is 11.0 Å². The van der Waals surface area contributed by atoms with Crippen LogP contribution in [0.2, 0.25) is 0 Å². The number of rotatable bonds is 15. The maximum atomic E-state index is 14.7. The number of amides is 6. The number of hydrogen-bond donors (Lipinski definition) is 3. The van der Waals surface area contributed by atoms with E-state index in [0.29, 0.717) is 32.2 Å². The first-order valence-corrected chi connectivity index (χ1v) is 19.7. The van der Waals surface area contributed by atoms with Crippen LogP contribution in [0, 0.1) is 40.4 Å². The van der Waals surface area contributed by atoms with Gasteiger partial charge in [0.1, 0.15) is 12.1 Å². The Bertz CT molecular complexity index is 1410. The minimum absolute atomic E-state index is 0.0398. The molecule has 5 aliphatic rings. The summed E-state index contributed by atoms with van der Waals surface area (Å²) in [5.74, 6) is -3.13. The number of imide groups is 1. The van der Waals surface area contributed by atoms with Gasteiger partial charge in [-0.25, -0.2) is 0 Å². The Kier molecular flexibility index (Phi) is 12.4. The van der Waals surface area contributed by atoms with Gasteiger partial charge in [-0.1, -0.05) is 79.2 Å². The van der Waals surface area contributed by atoms with Crippen molar-refractivity contribution in [3.63, 3.8) is 0 Å². The molecular formula is C40H61N5O7. The Balaban J connectivity index is 1.35. The van der Waals surface area contributed by atoms with Crippen molar-refractivity contribution < 1.29 is 33.6 Å². The summed E-state index contributed by atoms with van der Waals surface area (Å²) >= 11 is 0. The zero-order valence-electron chi connectivity index (χ0n) is 32.0. The molecule has 3 saturated carbocycles. The van der Waals surface area contributed by atoms with Crippen molar-refractivity contribution in [1.82, 2.24) is 25.8 Å². The Morgan fingerprint density at radius 1 is 0.923 bits per heavy atom. The van der Waals surface area contributed by atoms with E-state index in [1.54, 1.807) is 4.90 Å². The average Bonchev–Trinajstić information content (AvgIpc) is 3.37. The molecule has 1 unspecified atom stereocenters. The van der Waals surface area contributed by atoms with Crippen molar-refractivity contribution in [1.29, 1.82) is 0 Å². The van der Waals surface area contributed by atoms with Gasteiger partial charge in [-0.15, -0.1) is 6.58 Å². The van der Waals surface area contributed by atoms with Crippen molar-refractivity contribution in [2.24, 2.45) is 40.4 Å². The van der Waals surface area contributed by atoms with Crippen molar-refractivity contribution in [2.75, 3.05) is 19.6 Å². The molecule has 0 bridgehead atoms. The number of Topliss-reactive ketones (excluding diaryl/α,β-unsaturated/α-hetero) is 1. The monoisotopic (exact) mass is 723 g/mol. The van der Waals surface area contributed by atoms with Crippen molar-refractivity contribution >= 4 is 41.2 Å². The molecule has 0 aromatic heterocycles. The zero-order chi connectivity index (χ0) is 38.0. The summed E-state index contributed by atoms with van der Waals surface area (Å²) in [4.78, 5) is 97.3. The van der Waals surface area contributed by atoms with Gasteiger partial charge in [0.05, 0.1) is 6.04 Å². The molecule has 2 heterocycles. The number of fused-ring (bicyclic) bond motifs is 1. The first-order valence-electron chi connectivity index (χ1n) is 19.7. The van der Waals surface area contributed by atoms with Gasteiger partial charge in [-0.05, 0) is 66.1 Å². The highest BCUT2D eigenvalue weighted by Gasteiger charge is 2.69. The van der Waals surface area contributed by atoms with Crippen LogP contribution in [0.4, 0.5) is 0 Å². The number of nitrogens with one attached hydrogen (secondary N) is 3. The number of hydrogen-bond acceptors (Lipinski definition) is 7. The minimum atomic E-state index is -0.998. The second-order valence-electron chi connectivity index (χ2n) is 17.8. The fraction of sp³-hybridized carbons (Fsp3) is 0.775. The Morgan fingerprint density at radius 2 is 1.58 bits per heavy atom. The fourth-order valence-electron chi connectivity index (χ4n) is 9.13. The van der Waals surface area contributed by atoms with Crippen LogP contribution < -0.4 is 16.0 Å². The number of piperidine rings is 2. The third kappa shape index (κ3) is 8.79. The van der Waals surface area contributed by atoms with Crippen LogP contribution in [-0.2, 0) is 33.6 Å². The number of carbonyl (C=O) groups excluding carboxylic acids is 7. The number of nitrogens with zero attached hydrogens (tertiary/aromatic N) is 2. The molecule has 0 radical (unpaired) electrons. The third-order valence-electron chi connectivity index (χ3n) is 13.0. The summed E-state index contributed by atoms with van der Waals surface area (Å²) in [5, 5.41) is 8.57. The zero-order valence-corrected chi connectivity index (χ0v) is 32.0. The molecule has 288 valence electrons. The van der Waals surface area contributed by atoms with Crippen LogP contribution >= 0.6 is 0 Å². The molecule has 12 heteroatoms. The average molecular weight is 724 g/mol. The second-order valence-corrected chi connectivity index (χ2v) is 17.8. The Hall–Kier alpha value is -3.57. The molecule has 52 heavy (non-hydrogen) atoms. The van der Waals surface area contributed by atoms with E-state index < -0.39 is 41.1 Å². The van der Waals surface area contributed by atoms with Gasteiger partial charge in [0.15, 0.2) is 0 Å². The highest BCUT2D eigenvalue weighted by atomic mass is 16.2. The van der Waals surface area contributed by atoms with Gasteiger partial charge in [-0.3, -0.25) is 38.5 Å². The molecule has 5 fully saturated rings. The van der Waals surface area contributed by atoms with E-state index in [9.17, 15) is 33.6 Å². The minimum Gasteiger partial charge on any atom is -0.346 e. The maximum absolute atomic E-state index is 14.7. The highest BCUT2D eigenvalue weighted by molar-refractivity contribution is 6.38. The Morgan fingerprint density at radius 3 is 2.15 bits per heavy atom. The number of carbonyl (C=O) groups is 7. The largest absolute Gasteiger partial charge is 0.346 e. The molecule has 6 atom stereocenters.